The van der Waals surface area contributed by atoms with Gasteiger partial charge in [0.05, 0.1) is 0 Å². The van der Waals surface area contributed by atoms with Gasteiger partial charge in [-0.05, 0) is 49.3 Å². The van der Waals surface area contributed by atoms with E-state index in [9.17, 15) is 8.78 Å². The highest BCUT2D eigenvalue weighted by Gasteiger charge is 2.29. The maximum atomic E-state index is 13.2. The Kier molecular flexibility index (Phi) is 4.56. The van der Waals surface area contributed by atoms with Crippen LogP contribution < -0.4 is 5.73 Å². The van der Waals surface area contributed by atoms with Gasteiger partial charge in [0.2, 0.25) is 0 Å². The van der Waals surface area contributed by atoms with E-state index in [4.69, 9.17) is 5.73 Å². The van der Waals surface area contributed by atoms with Crippen LogP contribution in [0.25, 0.3) is 0 Å². The number of halogens is 2. The zero-order valence-electron chi connectivity index (χ0n) is 11.6. The van der Waals surface area contributed by atoms with E-state index in [1.54, 1.807) is 6.07 Å². The lowest BCUT2D eigenvalue weighted by molar-refractivity contribution is 0.357. The number of benzene rings is 1. The van der Waals surface area contributed by atoms with Gasteiger partial charge in [-0.15, -0.1) is 0 Å². The molecule has 0 spiro atoms. The van der Waals surface area contributed by atoms with Crippen LogP contribution in [0.2, 0.25) is 0 Å². The maximum Gasteiger partial charge on any atom is 0.159 e. The number of hydrogen-bond acceptors (Lipinski definition) is 1. The molecule has 1 aromatic rings. The average molecular weight is 267 g/mol. The molecule has 1 saturated carbocycles. The Balaban J connectivity index is 2.05. The van der Waals surface area contributed by atoms with E-state index in [1.165, 1.54) is 25.0 Å². The van der Waals surface area contributed by atoms with Crippen molar-refractivity contribution in [2.45, 2.75) is 57.4 Å². The zero-order valence-corrected chi connectivity index (χ0v) is 11.6. The minimum Gasteiger partial charge on any atom is -0.325 e. The molecular formula is C16H23F2N. The topological polar surface area (TPSA) is 26.0 Å². The first-order valence-corrected chi connectivity index (χ1v) is 7.25. The second kappa shape index (κ2) is 6.00. The summed E-state index contributed by atoms with van der Waals surface area (Å²) in [5, 5.41) is 0. The van der Waals surface area contributed by atoms with Crippen molar-refractivity contribution in [2.75, 3.05) is 0 Å². The molecule has 1 aromatic carbocycles. The summed E-state index contributed by atoms with van der Waals surface area (Å²) in [5.41, 5.74) is 7.03. The molecule has 0 amide bonds. The molecule has 0 heterocycles. The number of rotatable bonds is 3. The smallest absolute Gasteiger partial charge is 0.159 e. The first-order chi connectivity index (χ1) is 9.02. The number of hydrogen-bond donors (Lipinski definition) is 1. The molecule has 0 radical (unpaired) electrons. The lowest BCUT2D eigenvalue weighted by atomic mass is 9.84. The summed E-state index contributed by atoms with van der Waals surface area (Å²) in [7, 11) is 0. The van der Waals surface area contributed by atoms with E-state index in [-0.39, 0.29) is 5.54 Å². The molecule has 0 saturated heterocycles. The standard InChI is InChI=1S/C16H23F2N/c1-2-12-4-3-8-16(19,9-7-12)11-13-5-6-14(17)15(18)10-13/h5-6,10,12H,2-4,7-9,11,19H2,1H3. The zero-order chi connectivity index (χ0) is 13.9. The van der Waals surface area contributed by atoms with Gasteiger partial charge in [0.1, 0.15) is 0 Å². The van der Waals surface area contributed by atoms with E-state index in [0.717, 1.165) is 37.2 Å². The van der Waals surface area contributed by atoms with Crippen molar-refractivity contribution in [3.8, 4) is 0 Å². The first-order valence-electron chi connectivity index (χ1n) is 7.25. The Morgan fingerprint density at radius 1 is 1.21 bits per heavy atom. The van der Waals surface area contributed by atoms with Crippen molar-refractivity contribution in [2.24, 2.45) is 11.7 Å². The Morgan fingerprint density at radius 2 is 2.00 bits per heavy atom. The van der Waals surface area contributed by atoms with Crippen LogP contribution in [0.5, 0.6) is 0 Å². The second-order valence-corrected chi connectivity index (χ2v) is 5.99. The van der Waals surface area contributed by atoms with Crippen LogP contribution in [0, 0.1) is 17.6 Å². The van der Waals surface area contributed by atoms with Gasteiger partial charge in [-0.3, -0.25) is 0 Å². The van der Waals surface area contributed by atoms with Crippen LogP contribution in [0.1, 0.15) is 51.0 Å². The van der Waals surface area contributed by atoms with Gasteiger partial charge in [0.15, 0.2) is 11.6 Å². The van der Waals surface area contributed by atoms with Crippen LogP contribution in [0.3, 0.4) is 0 Å². The molecule has 3 heteroatoms. The Labute approximate surface area is 114 Å². The fraction of sp³-hybridized carbons (Fsp3) is 0.625. The highest BCUT2D eigenvalue weighted by molar-refractivity contribution is 5.20. The molecule has 106 valence electrons. The summed E-state index contributed by atoms with van der Waals surface area (Å²) < 4.78 is 26.2. The van der Waals surface area contributed by atoms with Crippen LogP contribution >= 0.6 is 0 Å². The second-order valence-electron chi connectivity index (χ2n) is 5.99. The third-order valence-electron chi connectivity index (χ3n) is 4.46. The molecule has 2 atom stereocenters. The van der Waals surface area contributed by atoms with Crippen molar-refractivity contribution in [1.82, 2.24) is 0 Å². The fourth-order valence-corrected chi connectivity index (χ4v) is 3.14. The van der Waals surface area contributed by atoms with Gasteiger partial charge >= 0.3 is 0 Å². The molecular weight excluding hydrogens is 244 g/mol. The predicted octanol–water partition coefficient (Wildman–Crippen LogP) is 4.20. The Morgan fingerprint density at radius 3 is 2.68 bits per heavy atom. The van der Waals surface area contributed by atoms with Crippen LogP contribution in [0.15, 0.2) is 18.2 Å². The van der Waals surface area contributed by atoms with Gasteiger partial charge in [-0.1, -0.05) is 32.3 Å². The van der Waals surface area contributed by atoms with Crippen molar-refractivity contribution in [3.05, 3.63) is 35.4 Å². The lowest BCUT2D eigenvalue weighted by Crippen LogP contribution is -2.41. The molecule has 1 aliphatic carbocycles. The Bertz CT molecular complexity index is 433. The summed E-state index contributed by atoms with van der Waals surface area (Å²) in [5.74, 6) is -0.793. The molecule has 0 bridgehead atoms. The normalized spacial score (nSPS) is 28.1. The molecule has 2 N–H and O–H groups in total. The number of nitrogens with two attached hydrogens (primary N) is 1. The minimum absolute atomic E-state index is 0.256. The fourth-order valence-electron chi connectivity index (χ4n) is 3.14. The van der Waals surface area contributed by atoms with Crippen molar-refractivity contribution in [3.63, 3.8) is 0 Å². The van der Waals surface area contributed by atoms with E-state index < -0.39 is 11.6 Å². The summed E-state index contributed by atoms with van der Waals surface area (Å²) in [6.45, 7) is 2.23. The van der Waals surface area contributed by atoms with Gasteiger partial charge in [-0.25, -0.2) is 8.78 Å². The molecule has 1 aliphatic rings. The van der Waals surface area contributed by atoms with E-state index in [2.05, 4.69) is 6.92 Å². The van der Waals surface area contributed by atoms with Gasteiger partial charge in [-0.2, -0.15) is 0 Å². The molecule has 2 unspecified atom stereocenters. The molecule has 1 fully saturated rings. The molecule has 0 aromatic heterocycles. The Hall–Kier alpha value is -0.960. The summed E-state index contributed by atoms with van der Waals surface area (Å²) in [6, 6.07) is 4.13. The van der Waals surface area contributed by atoms with Crippen molar-refractivity contribution < 1.29 is 8.78 Å². The molecule has 0 aliphatic heterocycles. The maximum absolute atomic E-state index is 13.2. The minimum atomic E-state index is -0.790. The van der Waals surface area contributed by atoms with Crippen LogP contribution in [-0.2, 0) is 6.42 Å². The van der Waals surface area contributed by atoms with Crippen LogP contribution in [0.4, 0.5) is 8.78 Å². The predicted molar refractivity (Wildman–Crippen MR) is 73.8 cm³/mol. The lowest BCUT2D eigenvalue weighted by Gasteiger charge is -2.28. The third kappa shape index (κ3) is 3.75. The van der Waals surface area contributed by atoms with Crippen molar-refractivity contribution >= 4 is 0 Å². The first kappa shape index (κ1) is 14.4. The van der Waals surface area contributed by atoms with Gasteiger partial charge < -0.3 is 5.73 Å². The monoisotopic (exact) mass is 267 g/mol. The molecule has 19 heavy (non-hydrogen) atoms. The highest BCUT2D eigenvalue weighted by Crippen LogP contribution is 2.32. The van der Waals surface area contributed by atoms with Crippen molar-refractivity contribution in [1.29, 1.82) is 0 Å². The highest BCUT2D eigenvalue weighted by atomic mass is 19.2. The average Bonchev–Trinajstić information content (AvgIpc) is 2.56. The van der Waals surface area contributed by atoms with E-state index in [0.29, 0.717) is 6.42 Å². The van der Waals surface area contributed by atoms with Crippen LogP contribution in [-0.4, -0.2) is 5.54 Å². The third-order valence-corrected chi connectivity index (χ3v) is 4.46. The van der Waals surface area contributed by atoms with E-state index >= 15 is 0 Å². The summed E-state index contributed by atoms with van der Waals surface area (Å²) in [6.07, 6.45) is 7.33. The molecule has 2 rings (SSSR count). The largest absolute Gasteiger partial charge is 0.325 e. The van der Waals surface area contributed by atoms with E-state index in [1.807, 2.05) is 0 Å². The summed E-state index contributed by atoms with van der Waals surface area (Å²) in [4.78, 5) is 0. The SMILES string of the molecule is CCC1CCCC(N)(Cc2ccc(F)c(F)c2)CC1. The summed E-state index contributed by atoms with van der Waals surface area (Å²) >= 11 is 0. The molecule has 1 nitrogen and oxygen atoms in total. The van der Waals surface area contributed by atoms with Gasteiger partial charge in [0, 0.05) is 5.54 Å². The quantitative estimate of drug-likeness (QED) is 0.816. The van der Waals surface area contributed by atoms with Gasteiger partial charge in [0.25, 0.3) is 0 Å².